The number of rotatable bonds is 14. The molecule has 0 radical (unpaired) electrons. The molecule has 0 aliphatic carbocycles. The molecule has 0 aliphatic rings. The summed E-state index contributed by atoms with van der Waals surface area (Å²) in [6, 6.07) is 6.37. The molecule has 0 heterocycles. The van der Waals surface area contributed by atoms with E-state index in [1.54, 1.807) is 0 Å². The number of amides is 4. The van der Waals surface area contributed by atoms with E-state index in [1.165, 1.54) is 0 Å². The lowest BCUT2D eigenvalue weighted by molar-refractivity contribution is -0.131. The van der Waals surface area contributed by atoms with Crippen LogP contribution >= 0.6 is 11.8 Å². The van der Waals surface area contributed by atoms with Gasteiger partial charge in [0.25, 0.3) is 0 Å². The van der Waals surface area contributed by atoms with Crippen LogP contribution in [0.3, 0.4) is 0 Å². The fourth-order valence-electron chi connectivity index (χ4n) is 2.57. The minimum atomic E-state index is -1.00. The van der Waals surface area contributed by atoms with Crippen molar-refractivity contribution in [3.05, 3.63) is 29.8 Å². The Kier molecular flexibility index (Phi) is 13.5. The second-order valence-electron chi connectivity index (χ2n) is 7.33. The van der Waals surface area contributed by atoms with E-state index < -0.39 is 36.2 Å². The van der Waals surface area contributed by atoms with Gasteiger partial charge in [-0.1, -0.05) is 29.5 Å². The first-order chi connectivity index (χ1) is 16.6. The molecule has 13 nitrogen and oxygen atoms in total. The topological polar surface area (TPSA) is 224 Å². The Bertz CT molecular complexity index is 919. The maximum atomic E-state index is 12.5. The lowest BCUT2D eigenvalue weighted by Crippen LogP contribution is -2.51. The fourth-order valence-corrected chi connectivity index (χ4v) is 3.25. The van der Waals surface area contributed by atoms with E-state index in [0.29, 0.717) is 6.42 Å². The molecule has 14 heteroatoms. The summed E-state index contributed by atoms with van der Waals surface area (Å²) >= 11 is 0.997. The molecule has 10 N–H and O–H groups in total. The summed E-state index contributed by atoms with van der Waals surface area (Å²) in [4.78, 5) is 64.5. The van der Waals surface area contributed by atoms with Crippen LogP contribution in [0.1, 0.15) is 18.4 Å². The predicted molar refractivity (Wildman–Crippen MR) is 132 cm³/mol. The second kappa shape index (κ2) is 16.1. The first-order valence-electron chi connectivity index (χ1n) is 10.7. The van der Waals surface area contributed by atoms with E-state index in [1.807, 2.05) is 31.2 Å². The van der Waals surface area contributed by atoms with Crippen molar-refractivity contribution < 1.29 is 24.0 Å². The van der Waals surface area contributed by atoms with Crippen molar-refractivity contribution in [2.24, 2.45) is 22.2 Å². The molecule has 0 bridgehead atoms. The fraction of sp³-hybridized carbons (Fsp3) is 0.429. The zero-order valence-electron chi connectivity index (χ0n) is 19.5. The Hall–Kier alpha value is -3.65. The molecule has 0 saturated carbocycles. The quantitative estimate of drug-likeness (QED) is 0.0607. The SMILES string of the molecule is Cc1ccc(SC(=O)CNC(=O)CNC(=O)[C@H](CCCN=C(N)N)NC(=O)CNC(=O)CN)cc1. The van der Waals surface area contributed by atoms with Gasteiger partial charge in [-0.3, -0.25) is 29.0 Å². The number of nitrogens with zero attached hydrogens (tertiary/aromatic N) is 1. The van der Waals surface area contributed by atoms with Crippen molar-refractivity contribution in [1.82, 2.24) is 21.3 Å². The van der Waals surface area contributed by atoms with Gasteiger partial charge in [-0.25, -0.2) is 0 Å². The molecule has 1 aromatic carbocycles. The molecule has 1 atom stereocenters. The van der Waals surface area contributed by atoms with Crippen molar-refractivity contribution in [3.8, 4) is 0 Å². The molecular weight excluding hydrogens is 476 g/mol. The molecule has 0 saturated heterocycles. The number of aliphatic imine (C=N–C) groups is 1. The average Bonchev–Trinajstić information content (AvgIpc) is 2.82. The molecule has 4 amide bonds. The van der Waals surface area contributed by atoms with Gasteiger partial charge in [-0.2, -0.15) is 0 Å². The number of carbonyl (C=O) groups is 5. The smallest absolute Gasteiger partial charge is 0.243 e. The van der Waals surface area contributed by atoms with Crippen molar-refractivity contribution in [1.29, 1.82) is 0 Å². The maximum absolute atomic E-state index is 12.5. The van der Waals surface area contributed by atoms with Gasteiger partial charge < -0.3 is 38.5 Å². The molecule has 1 aromatic rings. The van der Waals surface area contributed by atoms with Crippen molar-refractivity contribution in [2.75, 3.05) is 32.7 Å². The predicted octanol–water partition coefficient (Wildman–Crippen LogP) is -2.54. The van der Waals surface area contributed by atoms with Crippen LogP contribution in [0.5, 0.6) is 0 Å². The van der Waals surface area contributed by atoms with Gasteiger partial charge in [-0.05, 0) is 31.9 Å². The zero-order chi connectivity index (χ0) is 26.2. The van der Waals surface area contributed by atoms with Gasteiger partial charge in [0, 0.05) is 11.4 Å². The molecule has 192 valence electrons. The van der Waals surface area contributed by atoms with Crippen LogP contribution < -0.4 is 38.5 Å². The summed E-state index contributed by atoms with van der Waals surface area (Å²) in [5, 5.41) is 9.37. The first-order valence-corrected chi connectivity index (χ1v) is 11.6. The zero-order valence-corrected chi connectivity index (χ0v) is 20.3. The van der Waals surface area contributed by atoms with Gasteiger partial charge in [0.05, 0.1) is 26.2 Å². The highest BCUT2D eigenvalue weighted by atomic mass is 32.2. The highest BCUT2D eigenvalue weighted by molar-refractivity contribution is 8.13. The second-order valence-corrected chi connectivity index (χ2v) is 8.46. The number of hydrogen-bond donors (Lipinski definition) is 7. The standard InChI is InChI=1S/C21H32N8O5S/c1-13-4-6-14(7-5-13)35-19(33)12-27-17(31)10-28-20(34)15(3-2-8-25-21(23)24)29-18(32)11-26-16(30)9-22/h4-7,15H,2-3,8-12,22H2,1H3,(H,26,30)(H,27,31)(H,28,34)(H,29,32)(H4,23,24,25)/t15-/m0/s1. The summed E-state index contributed by atoms with van der Waals surface area (Å²) < 4.78 is 0. The van der Waals surface area contributed by atoms with Crippen LogP contribution in [-0.4, -0.2) is 73.5 Å². The van der Waals surface area contributed by atoms with E-state index in [4.69, 9.17) is 17.2 Å². The largest absolute Gasteiger partial charge is 0.370 e. The third kappa shape index (κ3) is 13.6. The number of guanidine groups is 1. The number of nitrogens with two attached hydrogens (primary N) is 3. The summed E-state index contributed by atoms with van der Waals surface area (Å²) in [7, 11) is 0. The maximum Gasteiger partial charge on any atom is 0.243 e. The van der Waals surface area contributed by atoms with Gasteiger partial charge >= 0.3 is 0 Å². The van der Waals surface area contributed by atoms with Crippen molar-refractivity contribution in [2.45, 2.75) is 30.7 Å². The molecule has 0 fully saturated rings. The summed E-state index contributed by atoms with van der Waals surface area (Å²) in [5.74, 6) is -2.44. The van der Waals surface area contributed by atoms with E-state index >= 15 is 0 Å². The Labute approximate surface area is 207 Å². The molecule has 35 heavy (non-hydrogen) atoms. The van der Waals surface area contributed by atoms with Crippen LogP contribution in [0.25, 0.3) is 0 Å². The first kappa shape index (κ1) is 29.4. The molecule has 0 unspecified atom stereocenters. The number of benzene rings is 1. The highest BCUT2D eigenvalue weighted by Crippen LogP contribution is 2.18. The Morgan fingerprint density at radius 1 is 0.914 bits per heavy atom. The molecule has 0 aromatic heterocycles. The van der Waals surface area contributed by atoms with Crippen molar-refractivity contribution in [3.63, 3.8) is 0 Å². The average molecular weight is 509 g/mol. The molecule has 0 aliphatic heterocycles. The number of thioether (sulfide) groups is 1. The summed E-state index contributed by atoms with van der Waals surface area (Å²) in [5.41, 5.74) is 16.8. The van der Waals surface area contributed by atoms with E-state index in [0.717, 1.165) is 22.2 Å². The van der Waals surface area contributed by atoms with Crippen molar-refractivity contribution >= 4 is 46.5 Å². The third-order valence-corrected chi connectivity index (χ3v) is 5.21. The van der Waals surface area contributed by atoms with Crippen LogP contribution in [-0.2, 0) is 24.0 Å². The van der Waals surface area contributed by atoms with Crippen LogP contribution in [0.15, 0.2) is 34.2 Å². The monoisotopic (exact) mass is 508 g/mol. The van der Waals surface area contributed by atoms with Gasteiger partial charge in [-0.15, -0.1) is 0 Å². The Balaban J connectivity index is 2.51. The molecule has 1 rings (SSSR count). The van der Waals surface area contributed by atoms with Crippen LogP contribution in [0.2, 0.25) is 0 Å². The minimum Gasteiger partial charge on any atom is -0.370 e. The van der Waals surface area contributed by atoms with E-state index in [9.17, 15) is 24.0 Å². The number of hydrogen-bond acceptors (Lipinski definition) is 8. The number of carbonyl (C=O) groups excluding carboxylic acids is 5. The number of aryl methyl sites for hydroxylation is 1. The van der Waals surface area contributed by atoms with Gasteiger partial charge in [0.15, 0.2) is 5.96 Å². The normalized spacial score (nSPS) is 11.0. The minimum absolute atomic E-state index is 0.105. The summed E-state index contributed by atoms with van der Waals surface area (Å²) in [6.45, 7) is 0.904. The van der Waals surface area contributed by atoms with Gasteiger partial charge in [0.2, 0.25) is 28.7 Å². The lowest BCUT2D eigenvalue weighted by Gasteiger charge is -2.18. The van der Waals surface area contributed by atoms with E-state index in [2.05, 4.69) is 26.3 Å². The molecular formula is C21H32N8O5S. The lowest BCUT2D eigenvalue weighted by atomic mass is 10.1. The number of nitrogens with one attached hydrogen (secondary N) is 4. The highest BCUT2D eigenvalue weighted by Gasteiger charge is 2.21. The van der Waals surface area contributed by atoms with Crippen LogP contribution in [0, 0.1) is 6.92 Å². The van der Waals surface area contributed by atoms with Crippen LogP contribution in [0.4, 0.5) is 0 Å². The summed E-state index contributed by atoms with van der Waals surface area (Å²) in [6.07, 6.45) is 0.537. The Morgan fingerprint density at radius 2 is 1.54 bits per heavy atom. The molecule has 0 spiro atoms. The Morgan fingerprint density at radius 3 is 2.17 bits per heavy atom. The third-order valence-electron chi connectivity index (χ3n) is 4.33. The van der Waals surface area contributed by atoms with E-state index in [-0.39, 0.29) is 43.7 Å². The van der Waals surface area contributed by atoms with Gasteiger partial charge in [0.1, 0.15) is 6.04 Å².